The van der Waals surface area contributed by atoms with Gasteiger partial charge in [0.05, 0.1) is 18.6 Å². The molecule has 6 N–H and O–H groups in total. The van der Waals surface area contributed by atoms with Gasteiger partial charge in [-0.05, 0) is 55.4 Å². The molecule has 3 rings (SSSR count). The van der Waals surface area contributed by atoms with Crippen LogP contribution in [0.5, 0.6) is 5.75 Å². The van der Waals surface area contributed by atoms with E-state index in [2.05, 4.69) is 16.1 Å². The van der Waals surface area contributed by atoms with Crippen molar-refractivity contribution < 1.29 is 39.2 Å². The Morgan fingerprint density at radius 2 is 1.88 bits per heavy atom. The molecule has 1 fully saturated rings. The Balaban J connectivity index is 1.97. The molecule has 12 nitrogen and oxygen atoms in total. The van der Waals surface area contributed by atoms with Gasteiger partial charge in [0.15, 0.2) is 0 Å². The highest BCUT2D eigenvalue weighted by Crippen LogP contribution is 2.20. The number of amides is 3. The normalized spacial score (nSPS) is 30.4. The Bertz CT molecular complexity index is 1360. The standard InChI is InChI=1S/C36H52N4O8/c1-6-12-23(4)31-17-9-7-8-16-29(42)24(5)30(43)21-32(44)38-33(22(2)3)34(45)37-28(20-25-13-10-14-26(41)19-25)35(46)40-18-11-15-27(39-40)36(47)48-31/h7-10,12-14,16,19,22,24,27-31,33,39,41-43H,6,11,15,17-18,20-21H2,1-5H3,(H,37,45)(H,38,44)/b9-7+,16-8+,23-12+/t24?,27-,28-,29+,30-,31-,33-/m0/s1. The number of nitrogens with one attached hydrogen (secondary N) is 3. The van der Waals surface area contributed by atoms with Gasteiger partial charge in [0, 0.05) is 25.3 Å². The Hall–Kier alpha value is -4.00. The number of aromatic hydroxyl groups is 1. The first kappa shape index (κ1) is 38.4. The molecule has 2 aliphatic heterocycles. The van der Waals surface area contributed by atoms with E-state index in [-0.39, 0.29) is 31.1 Å². The predicted molar refractivity (Wildman–Crippen MR) is 181 cm³/mol. The smallest absolute Gasteiger partial charge is 0.325 e. The van der Waals surface area contributed by atoms with E-state index in [1.54, 1.807) is 45.1 Å². The number of aliphatic hydroxyl groups is 2. The highest BCUT2D eigenvalue weighted by atomic mass is 16.5. The van der Waals surface area contributed by atoms with Crippen LogP contribution in [0.3, 0.4) is 0 Å². The summed E-state index contributed by atoms with van der Waals surface area (Å²) in [7, 11) is 0. The SMILES string of the molecule is CC/C=C(\C)[C@@H]1C/C=C/C=C/[C@@H](O)C(C)[C@@H](O)CC(=O)N[C@@H](C(C)C)C(=O)N[C@@H](Cc2cccc(O)c2)C(=O)N2CCC[C@H](N2)C(=O)O1. The lowest BCUT2D eigenvalue weighted by atomic mass is 9.94. The number of allylic oxidation sites excluding steroid dienone is 3. The molecule has 1 unspecified atom stereocenters. The monoisotopic (exact) mass is 668 g/mol. The molecular formula is C36H52N4O8. The molecule has 0 radical (unpaired) electrons. The van der Waals surface area contributed by atoms with E-state index in [0.717, 1.165) is 12.0 Å². The second-order valence-electron chi connectivity index (χ2n) is 13.0. The molecule has 264 valence electrons. The van der Waals surface area contributed by atoms with Crippen LogP contribution < -0.4 is 16.1 Å². The van der Waals surface area contributed by atoms with E-state index in [1.165, 1.54) is 23.2 Å². The number of hydrogen-bond donors (Lipinski definition) is 6. The van der Waals surface area contributed by atoms with Crippen molar-refractivity contribution in [3.8, 4) is 5.75 Å². The Morgan fingerprint density at radius 1 is 1.12 bits per heavy atom. The van der Waals surface area contributed by atoms with Crippen molar-refractivity contribution in [2.24, 2.45) is 11.8 Å². The summed E-state index contributed by atoms with van der Waals surface area (Å²) in [6, 6.07) is 3.40. The molecule has 12 heteroatoms. The van der Waals surface area contributed by atoms with E-state index in [4.69, 9.17) is 4.74 Å². The number of esters is 1. The third-order valence-electron chi connectivity index (χ3n) is 8.71. The summed E-state index contributed by atoms with van der Waals surface area (Å²) in [5.41, 5.74) is 4.48. The highest BCUT2D eigenvalue weighted by Gasteiger charge is 2.36. The van der Waals surface area contributed by atoms with Crippen LogP contribution in [-0.4, -0.2) is 87.0 Å². The number of carbonyl (C=O) groups is 4. The number of fused-ring (bicyclic) bond motifs is 2. The number of benzene rings is 1. The largest absolute Gasteiger partial charge is 0.508 e. The lowest BCUT2D eigenvalue weighted by Gasteiger charge is -2.36. The number of phenols is 1. The molecule has 0 aliphatic carbocycles. The molecule has 2 aliphatic rings. The maximum atomic E-state index is 14.0. The van der Waals surface area contributed by atoms with Gasteiger partial charge in [-0.2, -0.15) is 0 Å². The fraction of sp³-hybridized carbons (Fsp3) is 0.556. The predicted octanol–water partition coefficient (Wildman–Crippen LogP) is 2.59. The highest BCUT2D eigenvalue weighted by molar-refractivity contribution is 5.92. The second kappa shape index (κ2) is 18.5. The first-order valence-corrected chi connectivity index (χ1v) is 16.8. The number of aliphatic hydroxyl groups excluding tert-OH is 2. The van der Waals surface area contributed by atoms with Gasteiger partial charge in [0.2, 0.25) is 11.8 Å². The number of hydrogen-bond acceptors (Lipinski definition) is 9. The first-order chi connectivity index (χ1) is 22.8. The van der Waals surface area contributed by atoms with Crippen LogP contribution in [0.15, 0.2) is 60.2 Å². The minimum absolute atomic E-state index is 0.00104. The maximum absolute atomic E-state index is 14.0. The minimum Gasteiger partial charge on any atom is -0.508 e. The third kappa shape index (κ3) is 11.3. The summed E-state index contributed by atoms with van der Waals surface area (Å²) in [5.74, 6) is -3.27. The minimum atomic E-state index is -1.20. The van der Waals surface area contributed by atoms with Crippen molar-refractivity contribution >= 4 is 23.7 Å². The van der Waals surface area contributed by atoms with Gasteiger partial charge in [-0.1, -0.05) is 70.2 Å². The van der Waals surface area contributed by atoms with Gasteiger partial charge in [0.25, 0.3) is 5.91 Å². The van der Waals surface area contributed by atoms with E-state index >= 15 is 0 Å². The number of phenolic OH excluding ortho intramolecular Hbond substituents is 1. The molecule has 2 heterocycles. The maximum Gasteiger partial charge on any atom is 0.325 e. The summed E-state index contributed by atoms with van der Waals surface area (Å²) in [6.07, 6.45) is 7.62. The molecule has 48 heavy (non-hydrogen) atoms. The summed E-state index contributed by atoms with van der Waals surface area (Å²) < 4.78 is 5.95. The van der Waals surface area contributed by atoms with Gasteiger partial charge >= 0.3 is 5.97 Å². The molecule has 0 spiro atoms. The van der Waals surface area contributed by atoms with Crippen molar-refractivity contribution in [2.45, 2.75) is 110 Å². The third-order valence-corrected chi connectivity index (χ3v) is 8.71. The molecular weight excluding hydrogens is 616 g/mol. The molecule has 0 saturated carbocycles. The van der Waals surface area contributed by atoms with E-state index in [0.29, 0.717) is 24.8 Å². The zero-order valence-corrected chi connectivity index (χ0v) is 28.6. The molecule has 1 aromatic rings. The van der Waals surface area contributed by atoms with Crippen molar-refractivity contribution in [1.29, 1.82) is 0 Å². The molecule has 1 saturated heterocycles. The number of carbonyl (C=O) groups excluding carboxylic acids is 4. The summed E-state index contributed by atoms with van der Waals surface area (Å²) in [6.45, 7) is 9.27. The molecule has 2 bridgehead atoms. The zero-order valence-electron chi connectivity index (χ0n) is 28.6. The van der Waals surface area contributed by atoms with E-state index < -0.39 is 66.0 Å². The number of nitrogens with zero attached hydrogens (tertiary/aromatic N) is 1. The van der Waals surface area contributed by atoms with Crippen molar-refractivity contribution in [2.75, 3.05) is 6.54 Å². The first-order valence-electron chi connectivity index (χ1n) is 16.8. The van der Waals surface area contributed by atoms with E-state index in [9.17, 15) is 34.5 Å². The van der Waals surface area contributed by atoms with Crippen LogP contribution in [0.1, 0.15) is 72.3 Å². The number of ether oxygens (including phenoxy) is 1. The number of hydrazine groups is 1. The van der Waals surface area contributed by atoms with Gasteiger partial charge in [0.1, 0.15) is 30.0 Å². The van der Waals surface area contributed by atoms with Crippen molar-refractivity contribution in [1.82, 2.24) is 21.1 Å². The topological polar surface area (TPSA) is 178 Å². The van der Waals surface area contributed by atoms with Gasteiger partial charge in [-0.15, -0.1) is 0 Å². The summed E-state index contributed by atoms with van der Waals surface area (Å²) >= 11 is 0. The second-order valence-corrected chi connectivity index (χ2v) is 13.0. The van der Waals surface area contributed by atoms with E-state index in [1.807, 2.05) is 26.0 Å². The van der Waals surface area contributed by atoms with Crippen LogP contribution in [-0.2, 0) is 30.3 Å². The van der Waals surface area contributed by atoms with Crippen LogP contribution in [0, 0.1) is 11.8 Å². The van der Waals surface area contributed by atoms with Crippen LogP contribution >= 0.6 is 0 Å². The summed E-state index contributed by atoms with van der Waals surface area (Å²) in [5, 5.41) is 38.2. The van der Waals surface area contributed by atoms with Crippen LogP contribution in [0.2, 0.25) is 0 Å². The number of rotatable bonds is 5. The Morgan fingerprint density at radius 3 is 2.56 bits per heavy atom. The average molecular weight is 669 g/mol. The fourth-order valence-corrected chi connectivity index (χ4v) is 5.69. The molecule has 7 atom stereocenters. The Kier molecular flexibility index (Phi) is 14.8. The van der Waals surface area contributed by atoms with Gasteiger partial charge in [-0.3, -0.25) is 24.2 Å². The summed E-state index contributed by atoms with van der Waals surface area (Å²) in [4.78, 5) is 54.1. The van der Waals surface area contributed by atoms with Crippen molar-refractivity contribution in [3.05, 3.63) is 65.8 Å². The molecule has 1 aromatic carbocycles. The average Bonchev–Trinajstić information content (AvgIpc) is 3.04. The Labute approximate surface area is 283 Å². The van der Waals surface area contributed by atoms with Crippen molar-refractivity contribution in [3.63, 3.8) is 0 Å². The lowest BCUT2D eigenvalue weighted by Crippen LogP contribution is -2.62. The molecule has 3 amide bonds. The molecule has 0 aromatic heterocycles. The quantitative estimate of drug-likeness (QED) is 0.203. The fourth-order valence-electron chi connectivity index (χ4n) is 5.69. The lowest BCUT2D eigenvalue weighted by molar-refractivity contribution is -0.156. The zero-order chi connectivity index (χ0) is 35.4. The van der Waals surface area contributed by atoms with Gasteiger partial charge in [-0.25, -0.2) is 5.43 Å². The van der Waals surface area contributed by atoms with Crippen LogP contribution in [0.25, 0.3) is 0 Å². The van der Waals surface area contributed by atoms with Gasteiger partial charge < -0.3 is 30.7 Å². The van der Waals surface area contributed by atoms with Crippen LogP contribution in [0.4, 0.5) is 0 Å². The number of cyclic esters (lactones) is 1.